The molecular formula is C19H18N8O2. The van der Waals surface area contributed by atoms with E-state index in [1.54, 1.807) is 12.4 Å². The number of nitrogens with zero attached hydrogens (tertiary/aromatic N) is 6. The number of hydrogen-bond acceptors (Lipinski definition) is 8. The van der Waals surface area contributed by atoms with Gasteiger partial charge in [-0.15, -0.1) is 0 Å². The Bertz CT molecular complexity index is 1330. The molecule has 5 rings (SSSR count). The van der Waals surface area contributed by atoms with Gasteiger partial charge in [0.15, 0.2) is 11.1 Å². The van der Waals surface area contributed by atoms with Crippen molar-refractivity contribution in [2.75, 3.05) is 5.73 Å². The molecule has 0 aliphatic heterocycles. The number of anilines is 1. The van der Waals surface area contributed by atoms with E-state index in [1.807, 2.05) is 23.6 Å². The molecule has 10 heteroatoms. The van der Waals surface area contributed by atoms with E-state index in [0.29, 0.717) is 17.0 Å². The Morgan fingerprint density at radius 3 is 2.72 bits per heavy atom. The quantitative estimate of drug-likeness (QED) is 0.309. The minimum Gasteiger partial charge on any atom is -0.438 e. The first kappa shape index (κ1) is 17.3. The summed E-state index contributed by atoms with van der Waals surface area (Å²) < 4.78 is 7.70. The molecule has 146 valence electrons. The van der Waals surface area contributed by atoms with Crippen LogP contribution >= 0.6 is 0 Å². The van der Waals surface area contributed by atoms with Crippen molar-refractivity contribution >= 4 is 28.0 Å². The summed E-state index contributed by atoms with van der Waals surface area (Å²) in [7, 11) is 0. The molecule has 0 atom stereocenters. The van der Waals surface area contributed by atoms with Gasteiger partial charge in [0.2, 0.25) is 11.8 Å². The average molecular weight is 390 g/mol. The van der Waals surface area contributed by atoms with Crippen LogP contribution < -0.4 is 17.1 Å². The third-order valence-electron chi connectivity index (χ3n) is 5.19. The number of benzene rings is 1. The zero-order valence-corrected chi connectivity index (χ0v) is 15.7. The van der Waals surface area contributed by atoms with Crippen molar-refractivity contribution in [2.45, 2.75) is 32.4 Å². The minimum absolute atomic E-state index is 0.0788. The Kier molecular flexibility index (Phi) is 3.79. The van der Waals surface area contributed by atoms with E-state index >= 15 is 0 Å². The van der Waals surface area contributed by atoms with Crippen molar-refractivity contribution in [2.24, 2.45) is 16.2 Å². The van der Waals surface area contributed by atoms with Gasteiger partial charge in [-0.25, -0.2) is 15.0 Å². The molecule has 1 fully saturated rings. The summed E-state index contributed by atoms with van der Waals surface area (Å²) in [5.41, 5.74) is 9.75. The minimum atomic E-state index is -0.163. The van der Waals surface area contributed by atoms with Crippen LogP contribution in [0.3, 0.4) is 0 Å². The number of hydrogen-bond donors (Lipinski definition) is 2. The highest BCUT2D eigenvalue weighted by Gasteiger charge is 2.30. The summed E-state index contributed by atoms with van der Waals surface area (Å²) in [6.07, 6.45) is 5.28. The van der Waals surface area contributed by atoms with Gasteiger partial charge in [0.05, 0.1) is 5.52 Å². The maximum absolute atomic E-state index is 13.3. The lowest BCUT2D eigenvalue weighted by Crippen LogP contribution is -2.20. The molecule has 10 nitrogen and oxygen atoms in total. The van der Waals surface area contributed by atoms with Crippen LogP contribution in [-0.2, 0) is 6.54 Å². The Balaban J connectivity index is 1.83. The number of nitrogens with two attached hydrogens (primary N) is 2. The number of aromatic nitrogens is 4. The topological polar surface area (TPSA) is 151 Å². The number of fused-ring (bicyclic) bond motifs is 3. The van der Waals surface area contributed by atoms with Crippen LogP contribution in [0.25, 0.3) is 33.1 Å². The number of oxazole rings is 1. The van der Waals surface area contributed by atoms with Gasteiger partial charge in [0, 0.05) is 29.4 Å². The summed E-state index contributed by atoms with van der Waals surface area (Å²) in [5.74, 6) is 5.59. The second kappa shape index (κ2) is 6.36. The number of rotatable bonds is 4. The van der Waals surface area contributed by atoms with Crippen LogP contribution in [-0.4, -0.2) is 19.5 Å². The maximum atomic E-state index is 13.3. The Hall–Kier alpha value is -3.82. The standard InChI is InChI=1S/C19H18N8O2/c1-9-12(10-6-22-19(20)23-7-10)4-5-13-16(9)27(11-2-3-11)18(28)15-17(13)29-14(25-15)8-24-26-21/h4-7,11H,2-3,8H2,1H3,(H2,21,24)(H2,20,22,23). The van der Waals surface area contributed by atoms with Crippen molar-refractivity contribution in [3.05, 3.63) is 46.3 Å². The van der Waals surface area contributed by atoms with E-state index in [9.17, 15) is 4.79 Å². The van der Waals surface area contributed by atoms with Gasteiger partial charge in [-0.1, -0.05) is 11.3 Å². The first-order valence-electron chi connectivity index (χ1n) is 9.20. The second-order valence-electron chi connectivity index (χ2n) is 7.07. The van der Waals surface area contributed by atoms with Crippen molar-refractivity contribution < 1.29 is 4.42 Å². The molecule has 3 heterocycles. The van der Waals surface area contributed by atoms with Gasteiger partial charge < -0.3 is 20.6 Å². The maximum Gasteiger partial charge on any atom is 0.281 e. The lowest BCUT2D eigenvalue weighted by molar-refractivity contribution is 0.529. The molecule has 4 N–H and O–H groups in total. The largest absolute Gasteiger partial charge is 0.438 e. The van der Waals surface area contributed by atoms with E-state index in [-0.39, 0.29) is 24.1 Å². The third kappa shape index (κ3) is 2.72. The van der Waals surface area contributed by atoms with E-state index < -0.39 is 0 Å². The molecule has 0 radical (unpaired) electrons. The monoisotopic (exact) mass is 390 g/mol. The Morgan fingerprint density at radius 2 is 2.03 bits per heavy atom. The zero-order valence-electron chi connectivity index (χ0n) is 15.7. The molecule has 29 heavy (non-hydrogen) atoms. The number of pyridine rings is 1. The molecule has 1 saturated carbocycles. The lowest BCUT2D eigenvalue weighted by Gasteiger charge is -2.15. The third-order valence-corrected chi connectivity index (χ3v) is 5.19. The lowest BCUT2D eigenvalue weighted by atomic mass is 9.99. The molecular weight excluding hydrogens is 372 g/mol. The molecule has 4 aromatic rings. The first-order valence-corrected chi connectivity index (χ1v) is 9.20. The first-order chi connectivity index (χ1) is 14.1. The van der Waals surface area contributed by atoms with E-state index in [1.165, 1.54) is 0 Å². The van der Waals surface area contributed by atoms with Crippen molar-refractivity contribution in [1.29, 1.82) is 0 Å². The van der Waals surface area contributed by atoms with Crippen LogP contribution in [0.4, 0.5) is 5.95 Å². The summed E-state index contributed by atoms with van der Waals surface area (Å²) in [6, 6.07) is 4.07. The second-order valence-corrected chi connectivity index (χ2v) is 7.07. The fourth-order valence-electron chi connectivity index (χ4n) is 3.74. The van der Waals surface area contributed by atoms with Crippen molar-refractivity contribution in [1.82, 2.24) is 19.5 Å². The Morgan fingerprint density at radius 1 is 1.28 bits per heavy atom. The summed E-state index contributed by atoms with van der Waals surface area (Å²) in [4.78, 5) is 25.8. The highest BCUT2D eigenvalue weighted by atomic mass is 16.3. The van der Waals surface area contributed by atoms with Gasteiger partial charge in [-0.05, 0) is 37.0 Å². The van der Waals surface area contributed by atoms with Crippen LogP contribution in [0.1, 0.15) is 30.3 Å². The highest BCUT2D eigenvalue weighted by Crippen LogP contribution is 2.40. The van der Waals surface area contributed by atoms with Crippen LogP contribution in [0.5, 0.6) is 0 Å². The molecule has 0 unspecified atom stereocenters. The van der Waals surface area contributed by atoms with Crippen molar-refractivity contribution in [3.63, 3.8) is 0 Å². The predicted octanol–water partition coefficient (Wildman–Crippen LogP) is 2.65. The molecule has 0 spiro atoms. The molecule has 3 aromatic heterocycles. The van der Waals surface area contributed by atoms with Crippen LogP contribution in [0, 0.1) is 6.92 Å². The molecule has 1 aliphatic rings. The van der Waals surface area contributed by atoms with E-state index in [0.717, 1.165) is 40.4 Å². The Labute approximate surface area is 164 Å². The van der Waals surface area contributed by atoms with Gasteiger partial charge in [0.25, 0.3) is 5.56 Å². The highest BCUT2D eigenvalue weighted by molar-refractivity contribution is 6.04. The molecule has 1 aliphatic carbocycles. The van der Waals surface area contributed by atoms with Crippen LogP contribution in [0.2, 0.25) is 0 Å². The number of aryl methyl sites for hydroxylation is 1. The van der Waals surface area contributed by atoms with Gasteiger partial charge in [0.1, 0.15) is 6.54 Å². The summed E-state index contributed by atoms with van der Waals surface area (Å²) >= 11 is 0. The molecule has 0 amide bonds. The molecule has 0 saturated heterocycles. The molecule has 0 bridgehead atoms. The summed E-state index contributed by atoms with van der Waals surface area (Å²) in [5, 5.41) is 7.76. The fourth-order valence-corrected chi connectivity index (χ4v) is 3.74. The number of nitrogen functional groups attached to an aromatic ring is 1. The predicted molar refractivity (Wildman–Crippen MR) is 107 cm³/mol. The average Bonchev–Trinajstić information content (AvgIpc) is 3.46. The smallest absolute Gasteiger partial charge is 0.281 e. The van der Waals surface area contributed by atoms with E-state index in [4.69, 9.17) is 16.0 Å². The van der Waals surface area contributed by atoms with Crippen molar-refractivity contribution in [3.8, 4) is 11.1 Å². The molecule has 1 aromatic carbocycles. The van der Waals surface area contributed by atoms with E-state index in [2.05, 4.69) is 25.3 Å². The van der Waals surface area contributed by atoms with Gasteiger partial charge in [-0.3, -0.25) is 4.79 Å². The van der Waals surface area contributed by atoms with Crippen LogP contribution in [0.15, 0.2) is 44.1 Å². The SMILES string of the molecule is Cc1c(-c2cnc(N)nc2)ccc2c3oc(CN=NN)nc3c(=O)n(C3CC3)c12. The van der Waals surface area contributed by atoms with Gasteiger partial charge >= 0.3 is 0 Å². The van der Waals surface area contributed by atoms with Gasteiger partial charge in [-0.2, -0.15) is 5.11 Å². The fraction of sp³-hybridized carbons (Fsp3) is 0.263. The summed E-state index contributed by atoms with van der Waals surface area (Å²) in [6.45, 7) is 2.06. The zero-order chi connectivity index (χ0) is 20.1. The normalized spacial score (nSPS) is 14.4.